The lowest BCUT2D eigenvalue weighted by molar-refractivity contribution is 0.473. The molecular formula is C16H9Cl2N3OS. The van der Waals surface area contributed by atoms with Crippen LogP contribution < -0.4 is 4.74 Å². The minimum absolute atomic E-state index is 0.391. The van der Waals surface area contributed by atoms with Crippen molar-refractivity contribution in [2.24, 2.45) is 0 Å². The summed E-state index contributed by atoms with van der Waals surface area (Å²) < 4.78 is 6.01. The summed E-state index contributed by atoms with van der Waals surface area (Å²) >= 11 is 14.1. The van der Waals surface area contributed by atoms with Crippen molar-refractivity contribution in [3.8, 4) is 11.6 Å². The second kappa shape index (κ2) is 5.60. The Labute approximate surface area is 145 Å². The number of aromatic nitrogens is 3. The Morgan fingerprint density at radius 2 is 1.91 bits per heavy atom. The molecule has 0 saturated carbocycles. The van der Waals surface area contributed by atoms with Crippen LogP contribution in [0.15, 0.2) is 36.0 Å². The van der Waals surface area contributed by atoms with E-state index in [4.69, 9.17) is 27.9 Å². The summed E-state index contributed by atoms with van der Waals surface area (Å²) in [5.74, 6) is 0.894. The van der Waals surface area contributed by atoms with Crippen LogP contribution in [0.2, 0.25) is 10.0 Å². The Morgan fingerprint density at radius 1 is 1.04 bits per heavy atom. The van der Waals surface area contributed by atoms with Crippen molar-refractivity contribution in [3.05, 3.63) is 51.7 Å². The molecule has 0 aliphatic carbocycles. The lowest BCUT2D eigenvalue weighted by Gasteiger charge is -2.11. The Hall–Kier alpha value is -1.95. The van der Waals surface area contributed by atoms with Gasteiger partial charge in [-0.15, -0.1) is 11.3 Å². The Morgan fingerprint density at radius 3 is 2.78 bits per heavy atom. The number of benzene rings is 1. The number of aryl methyl sites for hydroxylation is 1. The van der Waals surface area contributed by atoms with Crippen molar-refractivity contribution in [2.75, 3.05) is 0 Å². The van der Waals surface area contributed by atoms with Crippen LogP contribution in [0.3, 0.4) is 0 Å². The first-order valence-electron chi connectivity index (χ1n) is 6.75. The van der Waals surface area contributed by atoms with Crippen molar-refractivity contribution in [3.63, 3.8) is 0 Å². The van der Waals surface area contributed by atoms with Gasteiger partial charge in [0.25, 0.3) is 0 Å². The molecule has 0 bridgehead atoms. The van der Waals surface area contributed by atoms with E-state index in [1.54, 1.807) is 6.07 Å². The van der Waals surface area contributed by atoms with E-state index in [0.29, 0.717) is 27.2 Å². The zero-order chi connectivity index (χ0) is 16.0. The third-order valence-corrected chi connectivity index (χ3v) is 4.82. The zero-order valence-corrected chi connectivity index (χ0v) is 14.2. The number of ether oxygens (including phenoxy) is 1. The maximum Gasteiger partial charge on any atom is 0.231 e. The maximum absolute atomic E-state index is 6.35. The minimum atomic E-state index is 0.391. The van der Waals surface area contributed by atoms with Crippen LogP contribution in [0, 0.1) is 6.92 Å². The van der Waals surface area contributed by atoms with Gasteiger partial charge in [-0.2, -0.15) is 0 Å². The summed E-state index contributed by atoms with van der Waals surface area (Å²) in [4.78, 5) is 13.8. The van der Waals surface area contributed by atoms with Crippen LogP contribution in [0.4, 0.5) is 0 Å². The lowest BCUT2D eigenvalue weighted by atomic mass is 10.2. The zero-order valence-electron chi connectivity index (χ0n) is 11.9. The van der Waals surface area contributed by atoms with Gasteiger partial charge in [-0.1, -0.05) is 23.2 Å². The predicted octanol–water partition coefficient (Wildman–Crippen LogP) is 5.65. The molecular weight excluding hydrogens is 353 g/mol. The van der Waals surface area contributed by atoms with Gasteiger partial charge in [-0.05, 0) is 36.6 Å². The number of thiophene rings is 1. The monoisotopic (exact) mass is 361 g/mol. The normalized spacial score (nSPS) is 11.3. The second-order valence-electron chi connectivity index (χ2n) is 4.94. The third-order valence-electron chi connectivity index (χ3n) is 3.40. The van der Waals surface area contributed by atoms with Crippen molar-refractivity contribution in [2.45, 2.75) is 6.92 Å². The summed E-state index contributed by atoms with van der Waals surface area (Å²) in [6.07, 6.45) is 1.47. The Balaban J connectivity index is 1.95. The van der Waals surface area contributed by atoms with Crippen LogP contribution in [0.25, 0.3) is 21.1 Å². The van der Waals surface area contributed by atoms with E-state index in [9.17, 15) is 0 Å². The topological polar surface area (TPSA) is 47.9 Å². The van der Waals surface area contributed by atoms with Crippen molar-refractivity contribution in [1.82, 2.24) is 15.0 Å². The second-order valence-corrected chi connectivity index (χ2v) is 6.65. The van der Waals surface area contributed by atoms with Gasteiger partial charge in [0.15, 0.2) is 5.75 Å². The molecule has 0 fully saturated rings. The van der Waals surface area contributed by atoms with Crippen LogP contribution in [-0.2, 0) is 0 Å². The molecule has 3 aromatic heterocycles. The minimum Gasteiger partial charge on any atom is -0.434 e. The van der Waals surface area contributed by atoms with E-state index >= 15 is 0 Å². The fraction of sp³-hybridized carbons (Fsp3) is 0.0625. The highest BCUT2D eigenvalue weighted by atomic mass is 35.5. The molecule has 0 atom stereocenters. The van der Waals surface area contributed by atoms with E-state index in [1.807, 2.05) is 30.5 Å². The molecule has 0 N–H and O–H groups in total. The highest BCUT2D eigenvalue weighted by Gasteiger charge is 2.16. The standard InChI is InChI=1S/C16H9Cl2N3OS/c1-8-2-3-9-11(17)6-12(18)14(13(9)21-8)22-15-10-4-5-23-16(10)20-7-19-15/h2-7H,1H3. The lowest BCUT2D eigenvalue weighted by Crippen LogP contribution is -1.94. The van der Waals surface area contributed by atoms with E-state index in [-0.39, 0.29) is 0 Å². The van der Waals surface area contributed by atoms with E-state index < -0.39 is 0 Å². The van der Waals surface area contributed by atoms with Gasteiger partial charge in [-0.25, -0.2) is 15.0 Å². The molecule has 4 rings (SSSR count). The summed E-state index contributed by atoms with van der Waals surface area (Å²) in [5.41, 5.74) is 1.47. The highest BCUT2D eigenvalue weighted by molar-refractivity contribution is 7.16. The Bertz CT molecular complexity index is 1050. The summed E-state index contributed by atoms with van der Waals surface area (Å²) in [6, 6.07) is 7.38. The van der Waals surface area contributed by atoms with Crippen molar-refractivity contribution < 1.29 is 4.74 Å². The number of rotatable bonds is 2. The van der Waals surface area contributed by atoms with Crippen LogP contribution in [-0.4, -0.2) is 15.0 Å². The van der Waals surface area contributed by atoms with Crippen molar-refractivity contribution in [1.29, 1.82) is 0 Å². The molecule has 3 heterocycles. The first-order chi connectivity index (χ1) is 11.1. The number of nitrogens with zero attached hydrogens (tertiary/aromatic N) is 3. The molecule has 0 spiro atoms. The molecule has 4 nitrogen and oxygen atoms in total. The third kappa shape index (κ3) is 2.51. The van der Waals surface area contributed by atoms with Gasteiger partial charge < -0.3 is 4.74 Å². The molecule has 0 unspecified atom stereocenters. The molecule has 4 aromatic rings. The number of hydrogen-bond donors (Lipinski definition) is 0. The van der Waals surface area contributed by atoms with Gasteiger partial charge >= 0.3 is 0 Å². The first-order valence-corrected chi connectivity index (χ1v) is 8.38. The van der Waals surface area contributed by atoms with E-state index in [0.717, 1.165) is 21.3 Å². The first kappa shape index (κ1) is 14.6. The molecule has 1 aromatic carbocycles. The van der Waals surface area contributed by atoms with Gasteiger partial charge in [0, 0.05) is 11.1 Å². The number of fused-ring (bicyclic) bond motifs is 2. The van der Waals surface area contributed by atoms with Crippen molar-refractivity contribution >= 4 is 55.7 Å². The molecule has 0 aliphatic rings. The Kier molecular flexibility index (Phi) is 3.56. The average molecular weight is 362 g/mol. The summed E-state index contributed by atoms with van der Waals surface area (Å²) in [5, 5.41) is 4.49. The van der Waals surface area contributed by atoms with Crippen LogP contribution >= 0.6 is 34.5 Å². The SMILES string of the molecule is Cc1ccc2c(Cl)cc(Cl)c(Oc3ncnc4sccc34)c2n1. The number of hydrogen-bond acceptors (Lipinski definition) is 5. The average Bonchev–Trinajstić information content (AvgIpc) is 3.00. The van der Waals surface area contributed by atoms with Crippen LogP contribution in [0.1, 0.15) is 5.69 Å². The summed E-state index contributed by atoms with van der Waals surface area (Å²) in [6.45, 7) is 1.90. The maximum atomic E-state index is 6.35. The fourth-order valence-electron chi connectivity index (χ4n) is 2.33. The summed E-state index contributed by atoms with van der Waals surface area (Å²) in [7, 11) is 0. The molecule has 114 valence electrons. The molecule has 0 amide bonds. The molecule has 0 radical (unpaired) electrons. The molecule has 0 saturated heterocycles. The smallest absolute Gasteiger partial charge is 0.231 e. The van der Waals surface area contributed by atoms with Gasteiger partial charge in [-0.3, -0.25) is 0 Å². The molecule has 0 aliphatic heterocycles. The number of pyridine rings is 1. The highest BCUT2D eigenvalue weighted by Crippen LogP contribution is 2.40. The quantitative estimate of drug-likeness (QED) is 0.463. The number of halogens is 2. The van der Waals surface area contributed by atoms with E-state index in [2.05, 4.69) is 15.0 Å². The molecule has 23 heavy (non-hydrogen) atoms. The molecule has 7 heteroatoms. The van der Waals surface area contributed by atoms with E-state index in [1.165, 1.54) is 17.7 Å². The fourth-order valence-corrected chi connectivity index (χ4v) is 3.61. The van der Waals surface area contributed by atoms with Gasteiger partial charge in [0.2, 0.25) is 5.88 Å². The largest absolute Gasteiger partial charge is 0.434 e. The predicted molar refractivity (Wildman–Crippen MR) is 94.0 cm³/mol. The van der Waals surface area contributed by atoms with Gasteiger partial charge in [0.05, 0.1) is 15.4 Å². The van der Waals surface area contributed by atoms with Crippen LogP contribution in [0.5, 0.6) is 11.6 Å². The van der Waals surface area contributed by atoms with Gasteiger partial charge in [0.1, 0.15) is 16.7 Å².